The van der Waals surface area contributed by atoms with Crippen molar-refractivity contribution in [2.75, 3.05) is 26.1 Å². The Morgan fingerprint density at radius 2 is 1.84 bits per heavy atom. The summed E-state index contributed by atoms with van der Waals surface area (Å²) in [5.41, 5.74) is 0.781. The molecule has 0 spiro atoms. The third kappa shape index (κ3) is 4.52. The molecule has 134 valence electrons. The number of rotatable bonds is 7. The van der Waals surface area contributed by atoms with Crippen LogP contribution in [-0.2, 0) is 0 Å². The van der Waals surface area contributed by atoms with Crippen molar-refractivity contribution in [2.24, 2.45) is 0 Å². The zero-order valence-corrected chi connectivity index (χ0v) is 15.2. The molecule has 0 saturated heterocycles. The van der Waals surface area contributed by atoms with Gasteiger partial charge in [0.25, 0.3) is 0 Å². The number of allylic oxidation sites excluding steroid dienone is 3. The molecule has 0 amide bonds. The molecule has 4 nitrogen and oxygen atoms in total. The van der Waals surface area contributed by atoms with Gasteiger partial charge in [-0.2, -0.15) is 5.26 Å². The quantitative estimate of drug-likeness (QED) is 0.547. The van der Waals surface area contributed by atoms with Gasteiger partial charge in [0.05, 0.1) is 24.8 Å². The van der Waals surface area contributed by atoms with Crippen LogP contribution in [0, 0.1) is 23.0 Å². The summed E-state index contributed by atoms with van der Waals surface area (Å²) in [6.07, 6.45) is 1.64. The number of halogens is 3. The number of methoxy groups -OCH3 is 2. The van der Waals surface area contributed by atoms with Crippen LogP contribution in [-0.4, -0.2) is 20.8 Å². The molecule has 7 heteroatoms. The Hall–Kier alpha value is -2.52. The highest BCUT2D eigenvalue weighted by Crippen LogP contribution is 2.35. The third-order valence-electron chi connectivity index (χ3n) is 3.42. The second kappa shape index (κ2) is 9.09. The summed E-state index contributed by atoms with van der Waals surface area (Å²) in [7, 11) is 2.53. The molecule has 0 aliphatic carbocycles. The lowest BCUT2D eigenvalue weighted by Crippen LogP contribution is -2.11. The molecule has 0 aromatic heterocycles. The standard InChI is InChI=1S/C18H19ClF2N2O2/c1-6-11(15(19)12(8-22)10(2)3)9-23-18-16(20)13(24-4)7-14(25-5)17(18)21/h6-7,23H,2,9H2,1,3-5H3/b11-6-,15-12+. The van der Waals surface area contributed by atoms with Crippen molar-refractivity contribution < 1.29 is 18.3 Å². The predicted molar refractivity (Wildman–Crippen MR) is 95.0 cm³/mol. The van der Waals surface area contributed by atoms with Gasteiger partial charge in [-0.15, -0.1) is 0 Å². The van der Waals surface area contributed by atoms with E-state index in [-0.39, 0.29) is 28.6 Å². The Balaban J connectivity index is 3.24. The van der Waals surface area contributed by atoms with E-state index in [1.807, 2.05) is 6.07 Å². The molecular formula is C18H19ClF2N2O2. The lowest BCUT2D eigenvalue weighted by atomic mass is 10.1. The van der Waals surface area contributed by atoms with E-state index >= 15 is 0 Å². The fourth-order valence-electron chi connectivity index (χ4n) is 2.02. The van der Waals surface area contributed by atoms with Crippen molar-refractivity contribution in [3.8, 4) is 17.6 Å². The van der Waals surface area contributed by atoms with E-state index in [1.165, 1.54) is 14.2 Å². The van der Waals surface area contributed by atoms with Crippen LogP contribution in [0.4, 0.5) is 14.5 Å². The van der Waals surface area contributed by atoms with Crippen LogP contribution >= 0.6 is 11.6 Å². The minimum atomic E-state index is -0.892. The Bertz CT molecular complexity index is 752. The van der Waals surface area contributed by atoms with E-state index in [2.05, 4.69) is 11.9 Å². The SMILES string of the molecule is C=C(C)/C(C#N)=C(Cl)\C(=C/C)CNc1c(F)c(OC)cc(OC)c1F. The first-order valence-corrected chi connectivity index (χ1v) is 7.65. The Morgan fingerprint density at radius 3 is 2.20 bits per heavy atom. The van der Waals surface area contributed by atoms with Crippen molar-refractivity contribution >= 4 is 17.3 Å². The van der Waals surface area contributed by atoms with Crippen molar-refractivity contribution in [3.63, 3.8) is 0 Å². The smallest absolute Gasteiger partial charge is 0.191 e. The predicted octanol–water partition coefficient (Wildman–Crippen LogP) is 4.93. The number of benzene rings is 1. The van der Waals surface area contributed by atoms with E-state index in [9.17, 15) is 8.78 Å². The van der Waals surface area contributed by atoms with Crippen LogP contribution in [0.2, 0.25) is 0 Å². The van der Waals surface area contributed by atoms with Gasteiger partial charge >= 0.3 is 0 Å². The molecule has 0 atom stereocenters. The number of nitrogens with zero attached hydrogens (tertiary/aromatic N) is 1. The van der Waals surface area contributed by atoms with Gasteiger partial charge in [0.1, 0.15) is 11.8 Å². The average Bonchev–Trinajstić information content (AvgIpc) is 2.58. The van der Waals surface area contributed by atoms with Gasteiger partial charge in [0.15, 0.2) is 23.1 Å². The van der Waals surface area contributed by atoms with Gasteiger partial charge in [-0.25, -0.2) is 8.78 Å². The molecule has 0 fully saturated rings. The largest absolute Gasteiger partial charge is 0.493 e. The monoisotopic (exact) mass is 368 g/mol. The molecule has 0 saturated carbocycles. The molecule has 0 aliphatic rings. The van der Waals surface area contributed by atoms with Crippen LogP contribution in [0.25, 0.3) is 0 Å². The first-order chi connectivity index (χ1) is 11.8. The summed E-state index contributed by atoms with van der Waals surface area (Å²) in [6, 6.07) is 3.08. The van der Waals surface area contributed by atoms with Gasteiger partial charge in [0.2, 0.25) is 0 Å². The van der Waals surface area contributed by atoms with Gasteiger partial charge in [-0.3, -0.25) is 0 Å². The van der Waals surface area contributed by atoms with Crippen LogP contribution in [0.5, 0.6) is 11.5 Å². The van der Waals surface area contributed by atoms with Gasteiger partial charge < -0.3 is 14.8 Å². The number of hydrogen-bond acceptors (Lipinski definition) is 4. The van der Waals surface area contributed by atoms with Crippen molar-refractivity contribution in [1.29, 1.82) is 5.26 Å². The minimum absolute atomic E-state index is 0.0159. The summed E-state index contributed by atoms with van der Waals surface area (Å²) in [5.74, 6) is -2.11. The topological polar surface area (TPSA) is 54.3 Å². The fourth-order valence-corrected chi connectivity index (χ4v) is 2.40. The Labute approximate surface area is 151 Å². The van der Waals surface area contributed by atoms with E-state index in [4.69, 9.17) is 26.3 Å². The molecule has 0 bridgehead atoms. The average molecular weight is 369 g/mol. The molecule has 1 rings (SSSR count). The summed E-state index contributed by atoms with van der Waals surface area (Å²) in [4.78, 5) is 0. The summed E-state index contributed by atoms with van der Waals surface area (Å²) < 4.78 is 38.5. The number of nitrogens with one attached hydrogen (secondary N) is 1. The number of anilines is 1. The first-order valence-electron chi connectivity index (χ1n) is 7.27. The number of nitriles is 1. The van der Waals surface area contributed by atoms with E-state index in [0.29, 0.717) is 11.1 Å². The van der Waals surface area contributed by atoms with Crippen LogP contribution in [0.3, 0.4) is 0 Å². The van der Waals surface area contributed by atoms with E-state index in [1.54, 1.807) is 19.9 Å². The molecule has 1 N–H and O–H groups in total. The number of hydrogen-bond donors (Lipinski definition) is 1. The van der Waals surface area contributed by atoms with Crippen LogP contribution < -0.4 is 14.8 Å². The van der Waals surface area contributed by atoms with Crippen molar-refractivity contribution in [3.05, 3.63) is 52.1 Å². The zero-order valence-electron chi connectivity index (χ0n) is 14.5. The van der Waals surface area contributed by atoms with Crippen molar-refractivity contribution in [2.45, 2.75) is 13.8 Å². The molecule has 1 aromatic carbocycles. The van der Waals surface area contributed by atoms with Gasteiger partial charge in [-0.1, -0.05) is 24.3 Å². The summed E-state index contributed by atoms with van der Waals surface area (Å²) >= 11 is 6.22. The highest BCUT2D eigenvalue weighted by molar-refractivity contribution is 6.33. The second-order valence-electron chi connectivity index (χ2n) is 5.03. The molecule has 0 unspecified atom stereocenters. The van der Waals surface area contributed by atoms with E-state index < -0.39 is 17.3 Å². The Kier molecular flexibility index (Phi) is 7.46. The lowest BCUT2D eigenvalue weighted by Gasteiger charge is -2.15. The van der Waals surface area contributed by atoms with Crippen LogP contribution in [0.1, 0.15) is 13.8 Å². The Morgan fingerprint density at radius 1 is 1.32 bits per heavy atom. The maximum absolute atomic E-state index is 14.3. The minimum Gasteiger partial charge on any atom is -0.493 e. The van der Waals surface area contributed by atoms with Gasteiger partial charge in [-0.05, 0) is 25.0 Å². The fraction of sp³-hybridized carbons (Fsp3) is 0.278. The van der Waals surface area contributed by atoms with Crippen LogP contribution in [0.15, 0.2) is 40.5 Å². The third-order valence-corrected chi connectivity index (χ3v) is 3.85. The summed E-state index contributed by atoms with van der Waals surface area (Å²) in [6.45, 7) is 7.02. The molecule has 0 aliphatic heterocycles. The maximum atomic E-state index is 14.3. The second-order valence-corrected chi connectivity index (χ2v) is 5.41. The number of ether oxygens (including phenoxy) is 2. The molecule has 0 radical (unpaired) electrons. The normalized spacial score (nSPS) is 12.2. The zero-order chi connectivity index (χ0) is 19.1. The maximum Gasteiger partial charge on any atom is 0.191 e. The highest BCUT2D eigenvalue weighted by Gasteiger charge is 2.20. The molecular weight excluding hydrogens is 350 g/mol. The van der Waals surface area contributed by atoms with E-state index in [0.717, 1.165) is 6.07 Å². The molecule has 25 heavy (non-hydrogen) atoms. The summed E-state index contributed by atoms with van der Waals surface area (Å²) in [5, 5.41) is 12.0. The molecule has 0 heterocycles. The molecule has 1 aromatic rings. The van der Waals surface area contributed by atoms with Crippen molar-refractivity contribution in [1.82, 2.24) is 0 Å². The van der Waals surface area contributed by atoms with Gasteiger partial charge in [0, 0.05) is 12.6 Å². The first kappa shape index (κ1) is 20.5. The highest BCUT2D eigenvalue weighted by atomic mass is 35.5. The lowest BCUT2D eigenvalue weighted by molar-refractivity contribution is 0.360.